The number of aromatic nitrogens is 3. The van der Waals surface area contributed by atoms with E-state index >= 15 is 0 Å². The number of anilines is 2. The average molecular weight is 261 g/mol. The van der Waals surface area contributed by atoms with Crippen LogP contribution in [0.5, 0.6) is 0 Å². The molecule has 4 N–H and O–H groups in total. The van der Waals surface area contributed by atoms with Gasteiger partial charge in [-0.05, 0) is 24.1 Å². The molecule has 0 saturated carbocycles. The second-order valence-corrected chi connectivity index (χ2v) is 4.11. The van der Waals surface area contributed by atoms with Crippen LogP contribution in [-0.2, 0) is 13.5 Å². The third-order valence-corrected chi connectivity index (χ3v) is 2.83. The lowest BCUT2D eigenvalue weighted by atomic mass is 10.2. The Balaban J connectivity index is 2.11. The number of aromatic amines is 1. The molecule has 2 rings (SSSR count). The molecule has 2 heterocycles. The predicted molar refractivity (Wildman–Crippen MR) is 73.1 cm³/mol. The van der Waals surface area contributed by atoms with E-state index in [1.807, 2.05) is 12.1 Å². The van der Waals surface area contributed by atoms with E-state index in [0.29, 0.717) is 6.54 Å². The Bertz CT molecular complexity index is 675. The summed E-state index contributed by atoms with van der Waals surface area (Å²) in [4.78, 5) is 29.1. The van der Waals surface area contributed by atoms with Crippen LogP contribution in [0.25, 0.3) is 0 Å². The van der Waals surface area contributed by atoms with Gasteiger partial charge in [0.2, 0.25) is 0 Å². The molecule has 0 spiro atoms. The topological polar surface area (TPSA) is 106 Å². The molecule has 0 amide bonds. The van der Waals surface area contributed by atoms with Gasteiger partial charge >= 0.3 is 5.69 Å². The summed E-state index contributed by atoms with van der Waals surface area (Å²) < 4.78 is 1.19. The third-order valence-electron chi connectivity index (χ3n) is 2.83. The average Bonchev–Trinajstić information content (AvgIpc) is 2.41. The van der Waals surface area contributed by atoms with Crippen molar-refractivity contribution in [1.82, 2.24) is 14.5 Å². The molecule has 0 aliphatic rings. The zero-order chi connectivity index (χ0) is 13.8. The van der Waals surface area contributed by atoms with E-state index in [0.717, 1.165) is 12.0 Å². The second kappa shape index (κ2) is 5.38. The van der Waals surface area contributed by atoms with Gasteiger partial charge in [0.05, 0.1) is 0 Å². The van der Waals surface area contributed by atoms with Crippen LogP contribution in [0.1, 0.15) is 5.56 Å². The molecule has 19 heavy (non-hydrogen) atoms. The van der Waals surface area contributed by atoms with Crippen LogP contribution in [0.2, 0.25) is 0 Å². The standard InChI is InChI=1S/C12H15N5O2/c1-17-10(13)9(11(18)16-12(17)19)15-7-4-8-2-5-14-6-3-8/h2-3,5-6,15H,4,7,13H2,1H3,(H,16,18,19). The molecule has 0 bridgehead atoms. The first kappa shape index (κ1) is 12.9. The fraction of sp³-hybridized carbons (Fsp3) is 0.250. The summed E-state index contributed by atoms with van der Waals surface area (Å²) in [7, 11) is 1.50. The SMILES string of the molecule is Cn1c(N)c(NCCc2ccncc2)c(=O)[nH]c1=O. The number of nitrogens with two attached hydrogens (primary N) is 1. The van der Waals surface area contributed by atoms with Gasteiger partial charge in [0, 0.05) is 26.0 Å². The highest BCUT2D eigenvalue weighted by molar-refractivity contribution is 5.60. The monoisotopic (exact) mass is 261 g/mol. The molecule has 2 aromatic heterocycles. The lowest BCUT2D eigenvalue weighted by Gasteiger charge is -2.10. The van der Waals surface area contributed by atoms with E-state index in [1.165, 1.54) is 11.6 Å². The van der Waals surface area contributed by atoms with Crippen molar-refractivity contribution in [2.24, 2.45) is 7.05 Å². The lowest BCUT2D eigenvalue weighted by molar-refractivity contribution is 0.812. The fourth-order valence-corrected chi connectivity index (χ4v) is 1.69. The van der Waals surface area contributed by atoms with Gasteiger partial charge in [-0.15, -0.1) is 0 Å². The predicted octanol–water partition coefficient (Wildman–Crippen LogP) is -0.295. The van der Waals surface area contributed by atoms with Crippen molar-refractivity contribution in [2.45, 2.75) is 6.42 Å². The van der Waals surface area contributed by atoms with E-state index in [1.54, 1.807) is 12.4 Å². The van der Waals surface area contributed by atoms with Crippen molar-refractivity contribution in [2.75, 3.05) is 17.6 Å². The van der Waals surface area contributed by atoms with Crippen molar-refractivity contribution >= 4 is 11.5 Å². The van der Waals surface area contributed by atoms with E-state index in [2.05, 4.69) is 15.3 Å². The number of H-pyrrole nitrogens is 1. The molecule has 0 radical (unpaired) electrons. The van der Waals surface area contributed by atoms with Crippen LogP contribution in [0.4, 0.5) is 11.5 Å². The Labute approximate surface area is 109 Å². The number of nitrogens with one attached hydrogen (secondary N) is 2. The summed E-state index contributed by atoms with van der Waals surface area (Å²) in [6.07, 6.45) is 4.15. The van der Waals surface area contributed by atoms with Crippen LogP contribution in [-0.4, -0.2) is 21.1 Å². The molecule has 0 fully saturated rings. The van der Waals surface area contributed by atoms with Crippen molar-refractivity contribution in [3.05, 3.63) is 50.9 Å². The molecule has 0 atom stereocenters. The van der Waals surface area contributed by atoms with E-state index in [-0.39, 0.29) is 11.5 Å². The highest BCUT2D eigenvalue weighted by atomic mass is 16.2. The summed E-state index contributed by atoms with van der Waals surface area (Å²) >= 11 is 0. The van der Waals surface area contributed by atoms with Crippen molar-refractivity contribution in [3.8, 4) is 0 Å². The number of rotatable bonds is 4. The fourth-order valence-electron chi connectivity index (χ4n) is 1.69. The van der Waals surface area contributed by atoms with Gasteiger partial charge in [-0.1, -0.05) is 0 Å². The molecule has 100 valence electrons. The van der Waals surface area contributed by atoms with E-state index in [4.69, 9.17) is 5.73 Å². The zero-order valence-corrected chi connectivity index (χ0v) is 10.5. The van der Waals surface area contributed by atoms with Gasteiger partial charge in [-0.3, -0.25) is 19.3 Å². The van der Waals surface area contributed by atoms with Gasteiger partial charge < -0.3 is 11.1 Å². The van der Waals surface area contributed by atoms with Gasteiger partial charge in [0.25, 0.3) is 5.56 Å². The summed E-state index contributed by atoms with van der Waals surface area (Å²) in [6.45, 7) is 0.537. The molecule has 0 aliphatic heterocycles. The number of hydrogen-bond donors (Lipinski definition) is 3. The molecular weight excluding hydrogens is 246 g/mol. The Hall–Kier alpha value is -2.57. The Morgan fingerprint density at radius 1 is 1.37 bits per heavy atom. The van der Waals surface area contributed by atoms with Gasteiger partial charge in [-0.25, -0.2) is 4.79 Å². The van der Waals surface area contributed by atoms with Crippen LogP contribution in [0.3, 0.4) is 0 Å². The molecule has 0 aliphatic carbocycles. The molecular formula is C12H15N5O2. The quantitative estimate of drug-likeness (QED) is 0.701. The maximum Gasteiger partial charge on any atom is 0.329 e. The highest BCUT2D eigenvalue weighted by Crippen LogP contribution is 2.08. The Morgan fingerprint density at radius 2 is 2.05 bits per heavy atom. The van der Waals surface area contributed by atoms with Gasteiger partial charge in [0.15, 0.2) is 0 Å². The highest BCUT2D eigenvalue weighted by Gasteiger charge is 2.08. The second-order valence-electron chi connectivity index (χ2n) is 4.11. The van der Waals surface area contributed by atoms with Crippen molar-refractivity contribution < 1.29 is 0 Å². The first-order chi connectivity index (χ1) is 9.09. The summed E-state index contributed by atoms with van der Waals surface area (Å²) in [5, 5.41) is 2.95. The van der Waals surface area contributed by atoms with Crippen LogP contribution in [0, 0.1) is 0 Å². The van der Waals surface area contributed by atoms with E-state index in [9.17, 15) is 9.59 Å². The molecule has 2 aromatic rings. The third kappa shape index (κ3) is 2.82. The summed E-state index contributed by atoms with van der Waals surface area (Å²) in [5.41, 5.74) is 6.02. The van der Waals surface area contributed by atoms with Gasteiger partial charge in [-0.2, -0.15) is 0 Å². The first-order valence-corrected chi connectivity index (χ1v) is 5.81. The van der Waals surface area contributed by atoms with Crippen LogP contribution >= 0.6 is 0 Å². The first-order valence-electron chi connectivity index (χ1n) is 5.81. The summed E-state index contributed by atoms with van der Waals surface area (Å²) in [6, 6.07) is 3.80. The number of pyridine rings is 1. The van der Waals surface area contributed by atoms with E-state index < -0.39 is 11.2 Å². The maximum atomic E-state index is 11.6. The molecule has 7 nitrogen and oxygen atoms in total. The Kier molecular flexibility index (Phi) is 3.65. The van der Waals surface area contributed by atoms with Gasteiger partial charge in [0.1, 0.15) is 11.5 Å². The maximum absolute atomic E-state index is 11.6. The minimum Gasteiger partial charge on any atom is -0.383 e. The lowest BCUT2D eigenvalue weighted by Crippen LogP contribution is -2.32. The van der Waals surface area contributed by atoms with Crippen LogP contribution < -0.4 is 22.3 Å². The summed E-state index contributed by atoms with van der Waals surface area (Å²) in [5.74, 6) is 0.128. The molecule has 0 saturated heterocycles. The van der Waals surface area contributed by atoms with Crippen molar-refractivity contribution in [3.63, 3.8) is 0 Å². The molecule has 0 aromatic carbocycles. The number of nitrogens with zero attached hydrogens (tertiary/aromatic N) is 2. The molecule has 7 heteroatoms. The molecule has 0 unspecified atom stereocenters. The number of hydrogen-bond acceptors (Lipinski definition) is 5. The minimum atomic E-state index is -0.526. The minimum absolute atomic E-state index is 0.128. The zero-order valence-electron chi connectivity index (χ0n) is 10.5. The van der Waals surface area contributed by atoms with Crippen molar-refractivity contribution in [1.29, 1.82) is 0 Å². The number of nitrogen functional groups attached to an aromatic ring is 1. The largest absolute Gasteiger partial charge is 0.383 e. The smallest absolute Gasteiger partial charge is 0.329 e. The normalized spacial score (nSPS) is 10.4. The Morgan fingerprint density at radius 3 is 2.74 bits per heavy atom. The van der Waals surface area contributed by atoms with Crippen LogP contribution in [0.15, 0.2) is 34.1 Å².